The molecule has 0 heterocycles. The van der Waals surface area contributed by atoms with Crippen LogP contribution in [0.15, 0.2) is 28.7 Å². The van der Waals surface area contributed by atoms with Gasteiger partial charge in [0.15, 0.2) is 11.9 Å². The lowest BCUT2D eigenvalue weighted by molar-refractivity contribution is -0.152. The standard InChI is InChI=1S/C16H17BrO4/c1-20-14-8-7-12(17)10-11(14)6-9-16(19)21-15-5-3-2-4-13(15)18/h6-10,15H,2-5H2,1H3. The number of hydrogen-bond donors (Lipinski definition) is 0. The summed E-state index contributed by atoms with van der Waals surface area (Å²) in [5, 5.41) is 0. The van der Waals surface area contributed by atoms with Crippen LogP contribution in [-0.2, 0) is 14.3 Å². The lowest BCUT2D eigenvalue weighted by Gasteiger charge is -2.19. The molecule has 1 aromatic rings. The Balaban J connectivity index is 2.01. The Labute approximate surface area is 132 Å². The Kier molecular flexibility index (Phi) is 5.56. The molecule has 1 unspecified atom stereocenters. The van der Waals surface area contributed by atoms with Crippen molar-refractivity contribution in [1.29, 1.82) is 0 Å². The van der Waals surface area contributed by atoms with Crippen molar-refractivity contribution in [2.24, 2.45) is 0 Å². The zero-order valence-corrected chi connectivity index (χ0v) is 13.4. The molecule has 1 atom stereocenters. The lowest BCUT2D eigenvalue weighted by Crippen LogP contribution is -2.29. The largest absolute Gasteiger partial charge is 0.496 e. The number of carbonyl (C=O) groups is 2. The summed E-state index contributed by atoms with van der Waals surface area (Å²) in [4.78, 5) is 23.4. The highest BCUT2D eigenvalue weighted by atomic mass is 79.9. The van der Waals surface area contributed by atoms with E-state index in [0.717, 1.165) is 22.9 Å². The molecule has 1 aromatic carbocycles. The molecule has 0 aromatic heterocycles. The first-order valence-corrected chi connectivity index (χ1v) is 7.64. The molecule has 0 amide bonds. The quantitative estimate of drug-likeness (QED) is 0.614. The number of ether oxygens (including phenoxy) is 2. The van der Waals surface area contributed by atoms with Gasteiger partial charge in [-0.15, -0.1) is 0 Å². The molecule has 4 nitrogen and oxygen atoms in total. The van der Waals surface area contributed by atoms with Gasteiger partial charge in [-0.2, -0.15) is 0 Å². The van der Waals surface area contributed by atoms with Crippen LogP contribution in [0.4, 0.5) is 0 Å². The van der Waals surface area contributed by atoms with Crippen LogP contribution in [0.5, 0.6) is 5.75 Å². The third-order valence-corrected chi connectivity index (χ3v) is 3.84. The predicted octanol–water partition coefficient (Wildman–Crippen LogP) is 3.53. The van der Waals surface area contributed by atoms with Crippen LogP contribution in [0.2, 0.25) is 0 Å². The highest BCUT2D eigenvalue weighted by Crippen LogP contribution is 2.24. The van der Waals surface area contributed by atoms with E-state index in [2.05, 4.69) is 15.9 Å². The normalized spacial score (nSPS) is 18.8. The van der Waals surface area contributed by atoms with Gasteiger partial charge < -0.3 is 9.47 Å². The molecular weight excluding hydrogens is 336 g/mol. The molecule has 5 heteroatoms. The van der Waals surface area contributed by atoms with E-state index in [4.69, 9.17) is 9.47 Å². The minimum Gasteiger partial charge on any atom is -0.496 e. The minimum atomic E-state index is -0.583. The maximum absolute atomic E-state index is 11.8. The average Bonchev–Trinajstić information content (AvgIpc) is 2.48. The third kappa shape index (κ3) is 4.43. The maximum atomic E-state index is 11.8. The second-order valence-corrected chi connectivity index (χ2v) is 5.77. The van der Waals surface area contributed by atoms with Gasteiger partial charge in [0.05, 0.1) is 7.11 Å². The Bertz CT molecular complexity index is 565. The van der Waals surface area contributed by atoms with Crippen LogP contribution >= 0.6 is 15.9 Å². The Hall–Kier alpha value is -1.62. The first-order chi connectivity index (χ1) is 10.1. The number of hydrogen-bond acceptors (Lipinski definition) is 4. The van der Waals surface area contributed by atoms with Crippen molar-refractivity contribution in [3.8, 4) is 5.75 Å². The smallest absolute Gasteiger partial charge is 0.331 e. The van der Waals surface area contributed by atoms with Crippen molar-refractivity contribution < 1.29 is 19.1 Å². The maximum Gasteiger partial charge on any atom is 0.331 e. The molecule has 1 aliphatic rings. The van der Waals surface area contributed by atoms with Gasteiger partial charge in [-0.25, -0.2) is 4.79 Å². The van der Waals surface area contributed by atoms with E-state index in [0.29, 0.717) is 18.6 Å². The van der Waals surface area contributed by atoms with Gasteiger partial charge in [0.1, 0.15) is 5.75 Å². The van der Waals surface area contributed by atoms with Gasteiger partial charge in [0.25, 0.3) is 0 Å². The number of carbonyl (C=O) groups excluding carboxylic acids is 2. The number of methoxy groups -OCH3 is 1. The molecule has 0 radical (unpaired) electrons. The molecule has 112 valence electrons. The zero-order valence-electron chi connectivity index (χ0n) is 11.8. The monoisotopic (exact) mass is 352 g/mol. The van der Waals surface area contributed by atoms with E-state index >= 15 is 0 Å². The molecule has 0 bridgehead atoms. The molecule has 0 N–H and O–H groups in total. The zero-order chi connectivity index (χ0) is 15.2. The van der Waals surface area contributed by atoms with Gasteiger partial charge in [-0.1, -0.05) is 15.9 Å². The highest BCUT2D eigenvalue weighted by Gasteiger charge is 2.24. The molecule has 2 rings (SSSR count). The summed E-state index contributed by atoms with van der Waals surface area (Å²) in [6.07, 6.45) is 5.30. The van der Waals surface area contributed by atoms with Gasteiger partial charge in [-0.05, 0) is 43.5 Å². The van der Waals surface area contributed by atoms with Gasteiger partial charge >= 0.3 is 5.97 Å². The van der Waals surface area contributed by atoms with Gasteiger partial charge in [0, 0.05) is 22.5 Å². The topological polar surface area (TPSA) is 52.6 Å². The summed E-state index contributed by atoms with van der Waals surface area (Å²) in [6.45, 7) is 0. The van der Waals surface area contributed by atoms with Gasteiger partial charge in [0.2, 0.25) is 0 Å². The van der Waals surface area contributed by atoms with E-state index in [1.54, 1.807) is 19.3 Å². The van der Waals surface area contributed by atoms with Crippen LogP contribution in [0.25, 0.3) is 6.08 Å². The highest BCUT2D eigenvalue weighted by molar-refractivity contribution is 9.10. The minimum absolute atomic E-state index is 0.0167. The fourth-order valence-electron chi connectivity index (χ4n) is 2.25. The van der Waals surface area contributed by atoms with Crippen molar-refractivity contribution in [2.45, 2.75) is 31.8 Å². The summed E-state index contributed by atoms with van der Waals surface area (Å²) >= 11 is 3.37. The second kappa shape index (κ2) is 7.41. The number of benzene rings is 1. The van der Waals surface area contributed by atoms with Gasteiger partial charge in [-0.3, -0.25) is 4.79 Å². The van der Waals surface area contributed by atoms with Crippen LogP contribution in [0.1, 0.15) is 31.2 Å². The van der Waals surface area contributed by atoms with Crippen LogP contribution in [0, 0.1) is 0 Å². The lowest BCUT2D eigenvalue weighted by atomic mass is 9.96. The van der Waals surface area contributed by atoms with E-state index < -0.39 is 12.1 Å². The molecule has 0 aliphatic heterocycles. The van der Waals surface area contributed by atoms with Crippen LogP contribution in [0.3, 0.4) is 0 Å². The van der Waals surface area contributed by atoms with E-state index in [1.807, 2.05) is 12.1 Å². The number of esters is 1. The van der Waals surface area contributed by atoms with Crippen LogP contribution < -0.4 is 4.74 Å². The van der Waals surface area contributed by atoms with Crippen molar-refractivity contribution >= 4 is 33.8 Å². The Morgan fingerprint density at radius 2 is 2.19 bits per heavy atom. The Morgan fingerprint density at radius 1 is 1.38 bits per heavy atom. The van der Waals surface area contributed by atoms with Crippen molar-refractivity contribution in [3.05, 3.63) is 34.3 Å². The molecule has 1 fully saturated rings. The Morgan fingerprint density at radius 3 is 2.90 bits per heavy atom. The van der Waals surface area contributed by atoms with Crippen molar-refractivity contribution in [2.75, 3.05) is 7.11 Å². The molecular formula is C16H17BrO4. The number of rotatable bonds is 4. The average molecular weight is 353 g/mol. The van der Waals surface area contributed by atoms with Crippen molar-refractivity contribution in [3.63, 3.8) is 0 Å². The molecule has 1 aliphatic carbocycles. The van der Waals surface area contributed by atoms with Crippen LogP contribution in [-0.4, -0.2) is 25.0 Å². The summed E-state index contributed by atoms with van der Waals surface area (Å²) in [5.74, 6) is 0.177. The van der Waals surface area contributed by atoms with E-state index in [1.165, 1.54) is 6.08 Å². The fraction of sp³-hybridized carbons (Fsp3) is 0.375. The third-order valence-electron chi connectivity index (χ3n) is 3.35. The number of ketones is 1. The molecule has 0 saturated heterocycles. The summed E-state index contributed by atoms with van der Waals surface area (Å²) in [5.41, 5.74) is 0.763. The first kappa shape index (κ1) is 15.8. The van der Waals surface area contributed by atoms with E-state index in [9.17, 15) is 9.59 Å². The molecule has 1 saturated carbocycles. The first-order valence-electron chi connectivity index (χ1n) is 6.85. The molecule has 0 spiro atoms. The fourth-order valence-corrected chi connectivity index (χ4v) is 2.63. The van der Waals surface area contributed by atoms with Crippen molar-refractivity contribution in [1.82, 2.24) is 0 Å². The second-order valence-electron chi connectivity index (χ2n) is 4.86. The summed E-state index contributed by atoms with van der Waals surface area (Å²) in [6, 6.07) is 5.50. The summed E-state index contributed by atoms with van der Waals surface area (Å²) < 4.78 is 11.3. The molecule has 21 heavy (non-hydrogen) atoms. The van der Waals surface area contributed by atoms with E-state index in [-0.39, 0.29) is 5.78 Å². The summed E-state index contributed by atoms with van der Waals surface area (Å²) in [7, 11) is 1.57. The predicted molar refractivity (Wildman–Crippen MR) is 83.1 cm³/mol. The number of Topliss-reactive ketones (excluding diaryl/α,β-unsaturated/α-hetero) is 1. The SMILES string of the molecule is COc1ccc(Br)cc1C=CC(=O)OC1CCCCC1=O. The number of halogens is 1.